The Morgan fingerprint density at radius 2 is 1.63 bits per heavy atom. The monoisotopic (exact) mass is 396 g/mol. The van der Waals surface area contributed by atoms with Gasteiger partial charge in [-0.1, -0.05) is 41.9 Å². The van der Waals surface area contributed by atoms with Crippen LogP contribution in [0, 0.1) is 0 Å². The van der Waals surface area contributed by atoms with Gasteiger partial charge in [-0.2, -0.15) is 0 Å². The molecule has 2 aromatic heterocycles. The molecule has 27 heavy (non-hydrogen) atoms. The molecule has 8 heteroatoms. The van der Waals surface area contributed by atoms with Crippen molar-refractivity contribution in [1.29, 1.82) is 0 Å². The normalized spacial score (nSPS) is 11.4. The lowest BCUT2D eigenvalue weighted by Crippen LogP contribution is -2.06. The second-order valence-corrected chi connectivity index (χ2v) is 7.99. The van der Waals surface area contributed by atoms with Gasteiger partial charge in [-0.05, 0) is 30.3 Å². The highest BCUT2D eigenvalue weighted by atomic mass is 35.5. The minimum absolute atomic E-state index is 0.156. The number of sulfone groups is 1. The smallest absolute Gasteiger partial charge is 0.208 e. The SMILES string of the molecule is O=S(=O)(c1ccccc1)c1ccccc1Nc1ncnc2cnc(Cl)cc12. The van der Waals surface area contributed by atoms with Gasteiger partial charge in [0, 0.05) is 5.39 Å². The Hall–Kier alpha value is -3.03. The zero-order chi connectivity index (χ0) is 18.9. The molecule has 1 N–H and O–H groups in total. The van der Waals surface area contributed by atoms with E-state index in [1.54, 1.807) is 60.7 Å². The first-order chi connectivity index (χ1) is 13.1. The first-order valence-electron chi connectivity index (χ1n) is 7.98. The van der Waals surface area contributed by atoms with Crippen LogP contribution >= 0.6 is 11.6 Å². The molecule has 0 aliphatic heterocycles. The number of hydrogen-bond donors (Lipinski definition) is 1. The third-order valence-electron chi connectivity index (χ3n) is 3.97. The molecule has 0 radical (unpaired) electrons. The van der Waals surface area contributed by atoms with Gasteiger partial charge in [0.2, 0.25) is 9.84 Å². The quantitative estimate of drug-likeness (QED) is 0.519. The Morgan fingerprint density at radius 3 is 2.44 bits per heavy atom. The summed E-state index contributed by atoms with van der Waals surface area (Å²) in [6.45, 7) is 0. The van der Waals surface area contributed by atoms with E-state index in [0.717, 1.165) is 0 Å². The Balaban J connectivity index is 1.83. The van der Waals surface area contributed by atoms with Gasteiger partial charge in [-0.15, -0.1) is 0 Å². The summed E-state index contributed by atoms with van der Waals surface area (Å²) in [7, 11) is -3.70. The minimum atomic E-state index is -3.70. The molecular formula is C19H13ClN4O2S. The van der Waals surface area contributed by atoms with Crippen molar-refractivity contribution in [1.82, 2.24) is 15.0 Å². The number of para-hydroxylation sites is 1. The van der Waals surface area contributed by atoms with Crippen LogP contribution in [-0.2, 0) is 9.84 Å². The van der Waals surface area contributed by atoms with Crippen molar-refractivity contribution >= 4 is 43.8 Å². The number of nitrogens with zero attached hydrogens (tertiary/aromatic N) is 3. The average Bonchev–Trinajstić information content (AvgIpc) is 2.69. The molecule has 0 aliphatic carbocycles. The van der Waals surface area contributed by atoms with E-state index in [4.69, 9.17) is 11.6 Å². The second kappa shape index (κ2) is 6.94. The van der Waals surface area contributed by atoms with Crippen molar-refractivity contribution in [2.24, 2.45) is 0 Å². The fraction of sp³-hybridized carbons (Fsp3) is 0. The van der Waals surface area contributed by atoms with Gasteiger partial charge in [0.05, 0.1) is 27.2 Å². The van der Waals surface area contributed by atoms with E-state index >= 15 is 0 Å². The van der Waals surface area contributed by atoms with E-state index in [1.807, 2.05) is 0 Å². The number of aromatic nitrogens is 3. The number of halogens is 1. The zero-order valence-corrected chi connectivity index (χ0v) is 15.4. The lowest BCUT2D eigenvalue weighted by atomic mass is 10.2. The van der Waals surface area contributed by atoms with Gasteiger partial charge in [0.1, 0.15) is 17.3 Å². The van der Waals surface area contributed by atoms with Crippen LogP contribution in [0.3, 0.4) is 0 Å². The molecule has 134 valence electrons. The van der Waals surface area contributed by atoms with Gasteiger partial charge in [0.15, 0.2) is 0 Å². The molecule has 0 atom stereocenters. The fourth-order valence-electron chi connectivity index (χ4n) is 2.69. The molecule has 0 fully saturated rings. The highest BCUT2D eigenvalue weighted by Crippen LogP contribution is 2.31. The van der Waals surface area contributed by atoms with Crippen LogP contribution in [0.1, 0.15) is 0 Å². The van der Waals surface area contributed by atoms with Crippen molar-refractivity contribution in [2.75, 3.05) is 5.32 Å². The lowest BCUT2D eigenvalue weighted by Gasteiger charge is -2.13. The molecule has 0 unspecified atom stereocenters. The number of anilines is 2. The van der Waals surface area contributed by atoms with Crippen LogP contribution in [0.2, 0.25) is 5.15 Å². The summed E-state index contributed by atoms with van der Waals surface area (Å²) in [6.07, 6.45) is 2.92. The Kier molecular flexibility index (Phi) is 4.47. The molecule has 0 bridgehead atoms. The van der Waals surface area contributed by atoms with Crippen molar-refractivity contribution in [2.45, 2.75) is 9.79 Å². The second-order valence-electron chi connectivity index (χ2n) is 5.68. The molecule has 2 aromatic carbocycles. The van der Waals surface area contributed by atoms with Gasteiger partial charge < -0.3 is 5.32 Å². The summed E-state index contributed by atoms with van der Waals surface area (Å²) >= 11 is 5.99. The Labute approximate surface area is 160 Å². The average molecular weight is 397 g/mol. The summed E-state index contributed by atoms with van der Waals surface area (Å²) in [5.74, 6) is 0.444. The number of hydrogen-bond acceptors (Lipinski definition) is 6. The molecule has 4 rings (SSSR count). The van der Waals surface area contributed by atoms with Crippen LogP contribution < -0.4 is 5.32 Å². The number of pyridine rings is 1. The Bertz CT molecular complexity index is 1230. The predicted molar refractivity (Wildman–Crippen MR) is 104 cm³/mol. The summed E-state index contributed by atoms with van der Waals surface area (Å²) in [5, 5.41) is 4.04. The summed E-state index contributed by atoms with van der Waals surface area (Å²) in [4.78, 5) is 12.8. The van der Waals surface area contributed by atoms with E-state index in [9.17, 15) is 8.42 Å². The zero-order valence-electron chi connectivity index (χ0n) is 13.9. The standard InChI is InChI=1S/C19H13ClN4O2S/c20-18-10-14-16(11-21-18)22-12-23-19(14)24-15-8-4-5-9-17(15)27(25,26)13-6-2-1-3-7-13/h1-12H,(H,22,23,24). The van der Waals surface area contributed by atoms with Crippen LogP contribution in [0.25, 0.3) is 10.9 Å². The maximum absolute atomic E-state index is 13.1. The van der Waals surface area contributed by atoms with Crippen LogP contribution in [0.15, 0.2) is 83.0 Å². The summed E-state index contributed by atoms with van der Waals surface area (Å²) in [6, 6.07) is 16.6. The van der Waals surface area contributed by atoms with Crippen molar-refractivity contribution in [3.8, 4) is 0 Å². The molecule has 0 amide bonds. The molecule has 0 aliphatic rings. The van der Waals surface area contributed by atoms with E-state index in [-0.39, 0.29) is 9.79 Å². The summed E-state index contributed by atoms with van der Waals surface area (Å²) in [5.41, 5.74) is 1.01. The molecule has 0 saturated heterocycles. The van der Waals surface area contributed by atoms with Gasteiger partial charge in [-0.25, -0.2) is 23.4 Å². The maximum atomic E-state index is 13.1. The van der Waals surface area contributed by atoms with Crippen LogP contribution in [0.4, 0.5) is 11.5 Å². The molecule has 0 spiro atoms. The Morgan fingerprint density at radius 1 is 0.889 bits per heavy atom. The third-order valence-corrected chi connectivity index (χ3v) is 6.01. The molecule has 0 saturated carbocycles. The largest absolute Gasteiger partial charge is 0.339 e. The fourth-order valence-corrected chi connectivity index (χ4v) is 4.29. The first kappa shape index (κ1) is 17.4. The van der Waals surface area contributed by atoms with E-state index < -0.39 is 9.84 Å². The number of benzene rings is 2. The maximum Gasteiger partial charge on any atom is 0.208 e. The summed E-state index contributed by atoms with van der Waals surface area (Å²) < 4.78 is 26.1. The van der Waals surface area contributed by atoms with Crippen LogP contribution in [-0.4, -0.2) is 23.4 Å². The lowest BCUT2D eigenvalue weighted by molar-refractivity contribution is 0.596. The van der Waals surface area contributed by atoms with Gasteiger partial charge in [-0.3, -0.25) is 0 Å². The van der Waals surface area contributed by atoms with E-state index in [1.165, 1.54) is 12.5 Å². The first-order valence-corrected chi connectivity index (χ1v) is 9.84. The van der Waals surface area contributed by atoms with Gasteiger partial charge >= 0.3 is 0 Å². The topological polar surface area (TPSA) is 84.8 Å². The van der Waals surface area contributed by atoms with Crippen LogP contribution in [0.5, 0.6) is 0 Å². The van der Waals surface area contributed by atoms with E-state index in [0.29, 0.717) is 27.6 Å². The van der Waals surface area contributed by atoms with Crippen molar-refractivity contribution in [3.05, 3.63) is 78.3 Å². The predicted octanol–water partition coefficient (Wildman–Crippen LogP) is 4.25. The number of rotatable bonds is 4. The molecular weight excluding hydrogens is 384 g/mol. The highest BCUT2D eigenvalue weighted by molar-refractivity contribution is 7.91. The minimum Gasteiger partial charge on any atom is -0.339 e. The highest BCUT2D eigenvalue weighted by Gasteiger charge is 2.21. The molecule has 4 aromatic rings. The molecule has 6 nitrogen and oxygen atoms in total. The third kappa shape index (κ3) is 3.34. The number of fused-ring (bicyclic) bond motifs is 1. The number of nitrogens with one attached hydrogen (secondary N) is 1. The van der Waals surface area contributed by atoms with Crippen molar-refractivity contribution in [3.63, 3.8) is 0 Å². The van der Waals surface area contributed by atoms with E-state index in [2.05, 4.69) is 20.3 Å². The van der Waals surface area contributed by atoms with Gasteiger partial charge in [0.25, 0.3) is 0 Å². The van der Waals surface area contributed by atoms with Crippen molar-refractivity contribution < 1.29 is 8.42 Å². The molecule has 2 heterocycles.